The fourth-order valence-electron chi connectivity index (χ4n) is 6.17. The summed E-state index contributed by atoms with van der Waals surface area (Å²) in [5, 5.41) is 3.65. The monoisotopic (exact) mass is 681 g/mol. The van der Waals surface area contributed by atoms with E-state index in [1.807, 2.05) is 48.9 Å². The number of ether oxygens (including phenoxy) is 2. The van der Waals surface area contributed by atoms with Crippen LogP contribution in [-0.2, 0) is 16.1 Å². The Morgan fingerprint density at radius 2 is 1.78 bits per heavy atom. The number of nitrogens with one attached hydrogen (secondary N) is 1. The van der Waals surface area contributed by atoms with Gasteiger partial charge < -0.3 is 24.3 Å². The largest absolute Gasteiger partial charge is 0.497 e. The summed E-state index contributed by atoms with van der Waals surface area (Å²) in [6.07, 6.45) is 3.63. The van der Waals surface area contributed by atoms with Gasteiger partial charge in [0.2, 0.25) is 5.91 Å². The molecule has 2 amide bonds. The number of amides is 2. The molecule has 10 nitrogen and oxygen atoms in total. The number of fused-ring (bicyclic) bond motifs is 2. The van der Waals surface area contributed by atoms with Crippen molar-refractivity contribution in [1.29, 1.82) is 0 Å². The van der Waals surface area contributed by atoms with Gasteiger partial charge in [-0.3, -0.25) is 19.0 Å². The smallest absolute Gasteiger partial charge is 0.271 e. The van der Waals surface area contributed by atoms with Crippen LogP contribution in [-0.4, -0.2) is 53.2 Å². The van der Waals surface area contributed by atoms with Gasteiger partial charge in [0.25, 0.3) is 11.5 Å². The van der Waals surface area contributed by atoms with Gasteiger partial charge in [0.15, 0.2) is 4.80 Å². The Hall–Kier alpha value is -5.49. The third-order valence-electron chi connectivity index (χ3n) is 8.58. The van der Waals surface area contributed by atoms with Crippen LogP contribution < -0.4 is 29.7 Å². The van der Waals surface area contributed by atoms with Crippen LogP contribution in [0.3, 0.4) is 0 Å². The van der Waals surface area contributed by atoms with Crippen LogP contribution in [0.25, 0.3) is 17.0 Å². The Morgan fingerprint density at radius 3 is 2.47 bits per heavy atom. The van der Waals surface area contributed by atoms with Crippen molar-refractivity contribution < 1.29 is 23.5 Å². The summed E-state index contributed by atoms with van der Waals surface area (Å²) in [4.78, 5) is 48.4. The number of allylic oxidation sites excluding steroid dienone is 1. The number of aromatic nitrogens is 2. The highest BCUT2D eigenvalue weighted by Crippen LogP contribution is 2.38. The van der Waals surface area contributed by atoms with E-state index in [0.717, 1.165) is 16.5 Å². The zero-order valence-electron chi connectivity index (χ0n) is 27.8. The van der Waals surface area contributed by atoms with Crippen molar-refractivity contribution in [1.82, 2.24) is 14.0 Å². The molecule has 0 aliphatic carbocycles. The molecular weight excluding hydrogens is 646 g/mol. The number of benzene rings is 3. The molecule has 49 heavy (non-hydrogen) atoms. The minimum Gasteiger partial charge on any atom is -0.497 e. The predicted molar refractivity (Wildman–Crippen MR) is 188 cm³/mol. The van der Waals surface area contributed by atoms with Crippen molar-refractivity contribution in [3.8, 4) is 11.5 Å². The molecule has 1 aliphatic rings. The van der Waals surface area contributed by atoms with Gasteiger partial charge in [0.05, 0.1) is 30.0 Å². The minimum atomic E-state index is -0.826. The van der Waals surface area contributed by atoms with Gasteiger partial charge >= 0.3 is 0 Å². The number of rotatable bonds is 10. The van der Waals surface area contributed by atoms with Gasteiger partial charge in [-0.25, -0.2) is 9.38 Å². The van der Waals surface area contributed by atoms with Crippen molar-refractivity contribution >= 4 is 45.8 Å². The van der Waals surface area contributed by atoms with Crippen LogP contribution >= 0.6 is 11.3 Å². The molecule has 0 unspecified atom stereocenters. The zero-order chi connectivity index (χ0) is 34.8. The second kappa shape index (κ2) is 13.9. The van der Waals surface area contributed by atoms with E-state index in [1.165, 1.54) is 35.6 Å². The second-order valence-corrected chi connectivity index (χ2v) is 12.5. The first-order valence-electron chi connectivity index (χ1n) is 15.8. The maximum Gasteiger partial charge on any atom is 0.271 e. The second-order valence-electron chi connectivity index (χ2n) is 11.5. The van der Waals surface area contributed by atoms with E-state index in [2.05, 4.69) is 5.32 Å². The average Bonchev–Trinajstić information content (AvgIpc) is 3.60. The molecule has 0 spiro atoms. The molecule has 0 fully saturated rings. The van der Waals surface area contributed by atoms with E-state index < -0.39 is 6.04 Å². The topological polar surface area (TPSA) is 107 Å². The van der Waals surface area contributed by atoms with Gasteiger partial charge in [0, 0.05) is 47.0 Å². The minimum absolute atomic E-state index is 0.00135. The van der Waals surface area contributed by atoms with Gasteiger partial charge in [-0.2, -0.15) is 0 Å². The Balaban J connectivity index is 1.48. The Morgan fingerprint density at radius 1 is 1.04 bits per heavy atom. The molecule has 0 radical (unpaired) electrons. The number of hydrogen-bond acceptors (Lipinski definition) is 7. The Labute approximate surface area is 286 Å². The highest BCUT2D eigenvalue weighted by molar-refractivity contribution is 7.07. The number of nitrogens with zero attached hydrogens (tertiary/aromatic N) is 4. The summed E-state index contributed by atoms with van der Waals surface area (Å²) >= 11 is 1.23. The summed E-state index contributed by atoms with van der Waals surface area (Å²) in [7, 11) is 3.11. The number of halogens is 1. The predicted octanol–water partition coefficient (Wildman–Crippen LogP) is 4.85. The van der Waals surface area contributed by atoms with Crippen molar-refractivity contribution in [3.05, 3.63) is 121 Å². The molecule has 252 valence electrons. The van der Waals surface area contributed by atoms with E-state index in [4.69, 9.17) is 14.5 Å². The highest BCUT2D eigenvalue weighted by atomic mass is 32.1. The first kappa shape index (κ1) is 33.4. The lowest BCUT2D eigenvalue weighted by Crippen LogP contribution is -2.43. The molecule has 1 atom stereocenters. The summed E-state index contributed by atoms with van der Waals surface area (Å²) < 4.78 is 28.4. The van der Waals surface area contributed by atoms with E-state index in [-0.39, 0.29) is 29.7 Å². The molecule has 1 aliphatic heterocycles. The molecule has 2 aromatic heterocycles. The molecular formula is C37H36FN5O5S. The molecule has 0 bridgehead atoms. The molecule has 6 rings (SSSR count). The summed E-state index contributed by atoms with van der Waals surface area (Å²) in [6, 6.07) is 17.7. The van der Waals surface area contributed by atoms with E-state index in [9.17, 15) is 18.8 Å². The fourth-order valence-corrected chi connectivity index (χ4v) is 7.21. The lowest BCUT2D eigenvalue weighted by Gasteiger charge is -2.30. The van der Waals surface area contributed by atoms with Crippen molar-refractivity contribution in [3.63, 3.8) is 0 Å². The van der Waals surface area contributed by atoms with Gasteiger partial charge in [-0.05, 0) is 75.4 Å². The Bertz CT molecular complexity index is 2280. The van der Waals surface area contributed by atoms with E-state index >= 15 is 0 Å². The number of carbonyl (C=O) groups excluding carboxylic acids is 2. The third-order valence-corrected chi connectivity index (χ3v) is 9.57. The first-order chi connectivity index (χ1) is 23.7. The first-order valence-corrected chi connectivity index (χ1v) is 16.7. The van der Waals surface area contributed by atoms with E-state index in [0.29, 0.717) is 56.4 Å². The normalized spacial score (nSPS) is 14.4. The quantitative estimate of drug-likeness (QED) is 0.227. The molecule has 0 saturated heterocycles. The van der Waals surface area contributed by atoms with Crippen molar-refractivity contribution in [2.24, 2.45) is 4.99 Å². The summed E-state index contributed by atoms with van der Waals surface area (Å²) in [5.74, 6) is 0.171. The standard InChI is InChI=1S/C37H36FN5O5S/c1-6-41(7-2)36(46)33-22(3)39-37-43(34(33)28-19-26(47-4)16-17-30(28)48-5)35(45)31(49-37)18-23-20-42(29-11-9-8-10-27(23)29)21-32(44)40-25-14-12-24(38)13-15-25/h8-20,34H,6-7,21H2,1-5H3,(H,40,44)/b31-18+/t34-/m1/s1. The third kappa shape index (κ3) is 6.39. The van der Waals surface area contributed by atoms with Gasteiger partial charge in [-0.15, -0.1) is 0 Å². The highest BCUT2D eigenvalue weighted by Gasteiger charge is 2.36. The summed E-state index contributed by atoms with van der Waals surface area (Å²) in [6.45, 7) is 6.60. The van der Waals surface area contributed by atoms with Crippen LogP contribution in [0.15, 0.2) is 94.0 Å². The fraction of sp³-hybridized carbons (Fsp3) is 0.243. The van der Waals surface area contributed by atoms with Gasteiger partial charge in [-0.1, -0.05) is 29.5 Å². The number of hydrogen-bond donors (Lipinski definition) is 1. The summed E-state index contributed by atoms with van der Waals surface area (Å²) in [5.41, 5.74) is 3.21. The molecule has 0 saturated carbocycles. The zero-order valence-corrected chi connectivity index (χ0v) is 28.6. The average molecular weight is 682 g/mol. The Kier molecular flexibility index (Phi) is 9.50. The number of anilines is 1. The van der Waals surface area contributed by atoms with Crippen molar-refractivity contribution in [2.75, 3.05) is 32.6 Å². The molecule has 5 aromatic rings. The number of para-hydroxylation sites is 1. The van der Waals surface area contributed by atoms with Crippen LogP contribution in [0.2, 0.25) is 0 Å². The molecule has 12 heteroatoms. The van der Waals surface area contributed by atoms with Crippen LogP contribution in [0.5, 0.6) is 11.5 Å². The van der Waals surface area contributed by atoms with Crippen LogP contribution in [0, 0.1) is 5.82 Å². The van der Waals surface area contributed by atoms with Crippen LogP contribution in [0.4, 0.5) is 10.1 Å². The number of methoxy groups -OCH3 is 2. The molecule has 3 aromatic carbocycles. The molecule has 1 N–H and O–H groups in total. The maximum atomic E-state index is 14.5. The number of thiazole rings is 1. The lowest BCUT2D eigenvalue weighted by molar-refractivity contribution is -0.127. The van der Waals surface area contributed by atoms with Gasteiger partial charge in [0.1, 0.15) is 29.9 Å². The van der Waals surface area contributed by atoms with Crippen molar-refractivity contribution in [2.45, 2.75) is 33.4 Å². The lowest BCUT2D eigenvalue weighted by atomic mass is 9.93. The number of carbonyl (C=O) groups is 2. The van der Waals surface area contributed by atoms with E-state index in [1.54, 1.807) is 54.9 Å². The molecule has 3 heterocycles. The number of likely N-dealkylation sites (N-methyl/N-ethyl adjacent to an activating group) is 1. The SMILES string of the molecule is CCN(CC)C(=O)C1=C(C)N=c2s/c(=C/c3cn(CC(=O)Nc4ccc(F)cc4)c4ccccc34)c(=O)n2[C@@H]1c1cc(OC)ccc1OC. The van der Waals surface area contributed by atoms with Crippen LogP contribution in [0.1, 0.15) is 37.9 Å². The maximum absolute atomic E-state index is 14.5.